The fourth-order valence-corrected chi connectivity index (χ4v) is 1.51. The molecule has 0 saturated carbocycles. The van der Waals surface area contributed by atoms with Gasteiger partial charge in [-0.1, -0.05) is 0 Å². The summed E-state index contributed by atoms with van der Waals surface area (Å²) in [5.74, 6) is 0.442. The normalized spacial score (nSPS) is 11.4. The Balaban J connectivity index is 2.90. The van der Waals surface area contributed by atoms with Crippen molar-refractivity contribution in [1.29, 1.82) is 0 Å². The van der Waals surface area contributed by atoms with Crippen LogP contribution in [0.1, 0.15) is 21.9 Å². The van der Waals surface area contributed by atoms with Crippen molar-refractivity contribution in [2.75, 3.05) is 0 Å². The zero-order valence-corrected chi connectivity index (χ0v) is 8.80. The molecule has 78 valence electrons. The summed E-state index contributed by atoms with van der Waals surface area (Å²) in [7, 11) is -3.54. The number of hydrogen-bond donors (Lipinski definition) is 3. The lowest BCUT2D eigenvalue weighted by molar-refractivity contribution is 0.0979. The molecule has 0 atom stereocenters. The Kier molecular flexibility index (Phi) is 2.80. The molecular weight excluding hydrogens is 205 g/mol. The Morgan fingerprint density at radius 1 is 1.50 bits per heavy atom. The van der Waals surface area contributed by atoms with Crippen molar-refractivity contribution < 1.29 is 13.8 Å². The first-order valence-corrected chi connectivity index (χ1v) is 5.71. The van der Waals surface area contributed by atoms with E-state index in [1.807, 2.05) is 5.09 Å². The summed E-state index contributed by atoms with van der Waals surface area (Å²) < 4.78 is 16.0. The van der Waals surface area contributed by atoms with Crippen LogP contribution >= 0.6 is 7.59 Å². The largest absolute Gasteiger partial charge is 0.466 e. The Morgan fingerprint density at radius 2 is 2.07 bits per heavy atom. The number of nitrogens with two attached hydrogens (primary N) is 2. The molecule has 0 saturated heterocycles. The van der Waals surface area contributed by atoms with E-state index in [1.165, 1.54) is 6.07 Å². The van der Waals surface area contributed by atoms with Crippen LogP contribution in [-0.4, -0.2) is 5.91 Å². The number of rotatable bonds is 2. The molecule has 0 aromatic carbocycles. The Morgan fingerprint density at radius 3 is 2.43 bits per heavy atom. The molecule has 7 heteroatoms. The molecule has 14 heavy (non-hydrogen) atoms. The topological polar surface area (TPSA) is 111 Å². The predicted molar refractivity (Wildman–Crippen MR) is 51.6 cm³/mol. The second kappa shape index (κ2) is 3.57. The highest BCUT2D eigenvalue weighted by Crippen LogP contribution is 2.21. The van der Waals surface area contributed by atoms with E-state index in [-0.39, 0.29) is 0 Å². The van der Waals surface area contributed by atoms with Gasteiger partial charge >= 0.3 is 7.59 Å². The van der Waals surface area contributed by atoms with E-state index in [4.69, 9.17) is 15.4 Å². The van der Waals surface area contributed by atoms with E-state index in [0.717, 1.165) is 0 Å². The van der Waals surface area contributed by atoms with Gasteiger partial charge in [0, 0.05) is 0 Å². The summed E-state index contributed by atoms with van der Waals surface area (Å²) in [6.45, 7) is 3.33. The smallest absolute Gasteiger partial charge is 0.300 e. The van der Waals surface area contributed by atoms with Gasteiger partial charge in [0.05, 0.1) is 5.56 Å². The lowest BCUT2D eigenvalue weighted by atomic mass is 10.2. The maximum atomic E-state index is 11.4. The van der Waals surface area contributed by atoms with Gasteiger partial charge in [-0.3, -0.25) is 25.5 Å². The fourth-order valence-electron chi connectivity index (χ4n) is 1.08. The Labute approximate surface area is 81.2 Å². The van der Waals surface area contributed by atoms with Crippen LogP contribution in [0.15, 0.2) is 10.5 Å². The number of amides is 1. The van der Waals surface area contributed by atoms with Gasteiger partial charge < -0.3 is 4.42 Å². The molecule has 6 nitrogen and oxygen atoms in total. The van der Waals surface area contributed by atoms with Gasteiger partial charge in [-0.05, 0) is 19.9 Å². The second-order valence-corrected chi connectivity index (χ2v) is 4.62. The first-order chi connectivity index (χ1) is 6.29. The third-order valence-electron chi connectivity index (χ3n) is 1.56. The van der Waals surface area contributed by atoms with E-state index in [1.54, 1.807) is 13.8 Å². The zero-order chi connectivity index (χ0) is 10.9. The van der Waals surface area contributed by atoms with Crippen LogP contribution in [0.2, 0.25) is 0 Å². The Bertz CT molecular complexity index is 406. The van der Waals surface area contributed by atoms with Crippen molar-refractivity contribution in [2.45, 2.75) is 13.8 Å². The summed E-state index contributed by atoms with van der Waals surface area (Å²) in [6.07, 6.45) is 0. The van der Waals surface area contributed by atoms with Crippen LogP contribution in [0.25, 0.3) is 0 Å². The number of carbonyl (C=O) groups excluding carboxylic acids is 1. The lowest BCUT2D eigenvalue weighted by Crippen LogP contribution is -2.28. The molecule has 5 N–H and O–H groups in total. The maximum absolute atomic E-state index is 11.4. The minimum atomic E-state index is -3.54. The molecule has 0 unspecified atom stereocenters. The second-order valence-electron chi connectivity index (χ2n) is 2.98. The zero-order valence-electron chi connectivity index (χ0n) is 7.90. The average molecular weight is 217 g/mol. The van der Waals surface area contributed by atoms with E-state index in [2.05, 4.69) is 0 Å². The standard InChI is InChI=1S/C7H12N3O3P/c1-4-3-6(5(2)13-4)7(11)10-14(8,9)12/h3H,1-2H3,(H5,8,9,10,11,12). The molecule has 1 aromatic rings. The minimum absolute atomic E-state index is 0.290. The molecule has 0 bridgehead atoms. The molecule has 0 aliphatic carbocycles. The van der Waals surface area contributed by atoms with Gasteiger partial charge in [0.1, 0.15) is 11.5 Å². The van der Waals surface area contributed by atoms with E-state index in [0.29, 0.717) is 17.1 Å². The van der Waals surface area contributed by atoms with Crippen molar-refractivity contribution in [3.63, 3.8) is 0 Å². The molecule has 0 spiro atoms. The summed E-state index contributed by atoms with van der Waals surface area (Å²) in [5, 5.41) is 2.00. The van der Waals surface area contributed by atoms with Crippen molar-refractivity contribution >= 4 is 13.5 Å². The molecule has 0 aliphatic heterocycles. The highest BCUT2D eigenvalue weighted by molar-refractivity contribution is 7.57. The average Bonchev–Trinajstić information content (AvgIpc) is 2.26. The number of carbonyl (C=O) groups is 1. The molecule has 1 heterocycles. The monoisotopic (exact) mass is 217 g/mol. The van der Waals surface area contributed by atoms with Crippen LogP contribution < -0.4 is 16.1 Å². The number of furan rings is 1. The van der Waals surface area contributed by atoms with Gasteiger partial charge in [0.15, 0.2) is 0 Å². The van der Waals surface area contributed by atoms with Crippen molar-refractivity contribution in [1.82, 2.24) is 5.09 Å². The van der Waals surface area contributed by atoms with Gasteiger partial charge in [-0.25, -0.2) is 0 Å². The van der Waals surface area contributed by atoms with Gasteiger partial charge in [-0.2, -0.15) is 0 Å². The first kappa shape index (κ1) is 11.0. The number of aryl methyl sites for hydroxylation is 2. The third-order valence-corrected chi connectivity index (χ3v) is 2.11. The molecule has 1 aromatic heterocycles. The predicted octanol–water partition coefficient (Wildman–Crippen LogP) is 0.652. The van der Waals surface area contributed by atoms with Gasteiger partial charge in [-0.15, -0.1) is 0 Å². The molecule has 0 fully saturated rings. The van der Waals surface area contributed by atoms with Crippen LogP contribution in [0.3, 0.4) is 0 Å². The summed E-state index contributed by atoms with van der Waals surface area (Å²) in [4.78, 5) is 11.4. The van der Waals surface area contributed by atoms with Crippen LogP contribution in [0, 0.1) is 13.8 Å². The molecule has 1 rings (SSSR count). The Hall–Kier alpha value is -1.10. The van der Waals surface area contributed by atoms with Crippen molar-refractivity contribution in [3.05, 3.63) is 23.2 Å². The van der Waals surface area contributed by atoms with Crippen molar-refractivity contribution in [3.8, 4) is 0 Å². The van der Waals surface area contributed by atoms with Crippen LogP contribution in [0.5, 0.6) is 0 Å². The van der Waals surface area contributed by atoms with Crippen molar-refractivity contribution in [2.24, 2.45) is 11.0 Å². The number of nitrogens with one attached hydrogen (secondary N) is 1. The highest BCUT2D eigenvalue weighted by Gasteiger charge is 2.18. The summed E-state index contributed by atoms with van der Waals surface area (Å²) in [5.41, 5.74) is 10.3. The first-order valence-electron chi connectivity index (χ1n) is 3.86. The molecule has 0 aliphatic rings. The number of hydrogen-bond acceptors (Lipinski definition) is 3. The van der Waals surface area contributed by atoms with Gasteiger partial charge in [0.25, 0.3) is 5.91 Å². The fraction of sp³-hybridized carbons (Fsp3) is 0.286. The SMILES string of the molecule is Cc1cc(C(=O)NP(N)(N)=O)c(C)o1. The van der Waals surface area contributed by atoms with E-state index < -0.39 is 13.5 Å². The quantitative estimate of drug-likeness (QED) is 0.630. The summed E-state index contributed by atoms with van der Waals surface area (Å²) >= 11 is 0. The van der Waals surface area contributed by atoms with Crippen LogP contribution in [0.4, 0.5) is 0 Å². The maximum Gasteiger partial charge on any atom is 0.300 e. The highest BCUT2D eigenvalue weighted by atomic mass is 31.2. The minimum Gasteiger partial charge on any atom is -0.466 e. The van der Waals surface area contributed by atoms with Crippen LogP contribution in [-0.2, 0) is 4.57 Å². The van der Waals surface area contributed by atoms with Gasteiger partial charge in [0.2, 0.25) is 0 Å². The molecule has 1 amide bonds. The molecule has 0 radical (unpaired) electrons. The lowest BCUT2D eigenvalue weighted by Gasteiger charge is -2.07. The van der Waals surface area contributed by atoms with E-state index in [9.17, 15) is 9.36 Å². The molecular formula is C7H12N3O3P. The third kappa shape index (κ3) is 2.70. The van der Waals surface area contributed by atoms with E-state index >= 15 is 0 Å². The summed E-state index contributed by atoms with van der Waals surface area (Å²) in [6, 6.07) is 1.53.